The Morgan fingerprint density at radius 2 is 1.76 bits per heavy atom. The lowest BCUT2D eigenvalue weighted by Crippen LogP contribution is -2.60. The molecule has 1 heterocycles. The molecule has 0 aromatic heterocycles. The highest BCUT2D eigenvalue weighted by Crippen LogP contribution is 2.24. The van der Waals surface area contributed by atoms with Gasteiger partial charge in [0.2, 0.25) is 0 Å². The number of ether oxygens (including phenoxy) is 1. The maximum absolute atomic E-state index is 5.78. The first-order valence-electron chi connectivity index (χ1n) is 7.02. The number of likely N-dealkylation sites (N-methyl/N-ethyl adjacent to an activating group) is 1. The van der Waals surface area contributed by atoms with Crippen LogP contribution in [0.5, 0.6) is 0 Å². The Bertz CT molecular complexity index is 210. The molecule has 0 bridgehead atoms. The van der Waals surface area contributed by atoms with Crippen LogP contribution in [0.3, 0.4) is 0 Å². The van der Waals surface area contributed by atoms with E-state index in [1.54, 1.807) is 0 Å². The number of nitrogens with one attached hydrogen (secondary N) is 1. The average molecular weight is 242 g/mol. The highest BCUT2D eigenvalue weighted by atomic mass is 16.5. The number of nitrogens with zero attached hydrogens (tertiary/aromatic N) is 1. The van der Waals surface area contributed by atoms with Crippen molar-refractivity contribution < 1.29 is 4.74 Å². The molecule has 1 fully saturated rings. The van der Waals surface area contributed by atoms with Gasteiger partial charge in [-0.2, -0.15) is 0 Å². The Kier molecular flexibility index (Phi) is 5.90. The highest BCUT2D eigenvalue weighted by molar-refractivity contribution is 4.94. The summed E-state index contributed by atoms with van der Waals surface area (Å²) < 4.78 is 5.78. The number of likely N-dealkylation sites (tertiary alicyclic amines) is 1. The van der Waals surface area contributed by atoms with Crippen LogP contribution in [-0.2, 0) is 4.74 Å². The molecule has 1 aliphatic rings. The molecule has 1 aliphatic heterocycles. The summed E-state index contributed by atoms with van der Waals surface area (Å²) in [6.07, 6.45) is 4.37. The van der Waals surface area contributed by atoms with Crippen LogP contribution in [0.1, 0.15) is 47.0 Å². The molecular weight excluding hydrogens is 212 g/mol. The standard InChI is InChI=1S/C14H30N2O/c1-12(2)17-11-13(15-5)14(3,4)16-9-7-6-8-10-16/h12-13,15H,6-11H2,1-5H3. The fourth-order valence-corrected chi connectivity index (χ4v) is 2.62. The molecule has 0 radical (unpaired) electrons. The van der Waals surface area contributed by atoms with E-state index in [4.69, 9.17) is 4.74 Å². The Morgan fingerprint density at radius 3 is 2.24 bits per heavy atom. The van der Waals surface area contributed by atoms with Crippen molar-refractivity contribution in [2.24, 2.45) is 0 Å². The molecule has 0 amide bonds. The maximum atomic E-state index is 5.78. The van der Waals surface area contributed by atoms with Crippen LogP contribution in [0.4, 0.5) is 0 Å². The van der Waals surface area contributed by atoms with Crippen LogP contribution in [0.15, 0.2) is 0 Å². The van der Waals surface area contributed by atoms with E-state index in [0.717, 1.165) is 6.61 Å². The first kappa shape index (κ1) is 14.9. The Hall–Kier alpha value is -0.120. The molecule has 17 heavy (non-hydrogen) atoms. The third-order valence-corrected chi connectivity index (χ3v) is 3.97. The van der Waals surface area contributed by atoms with Crippen LogP contribution in [-0.4, -0.2) is 49.3 Å². The fourth-order valence-electron chi connectivity index (χ4n) is 2.62. The van der Waals surface area contributed by atoms with Crippen molar-refractivity contribution >= 4 is 0 Å². The minimum Gasteiger partial charge on any atom is -0.377 e. The zero-order chi connectivity index (χ0) is 12.9. The second-order valence-corrected chi connectivity index (χ2v) is 5.92. The van der Waals surface area contributed by atoms with Gasteiger partial charge in [0.1, 0.15) is 0 Å². The van der Waals surface area contributed by atoms with E-state index in [0.29, 0.717) is 12.1 Å². The first-order chi connectivity index (χ1) is 7.98. The summed E-state index contributed by atoms with van der Waals surface area (Å²) in [7, 11) is 2.04. The van der Waals surface area contributed by atoms with E-state index in [2.05, 4.69) is 37.9 Å². The van der Waals surface area contributed by atoms with Gasteiger partial charge in [-0.25, -0.2) is 0 Å². The zero-order valence-corrected chi connectivity index (χ0v) is 12.3. The molecule has 1 atom stereocenters. The Labute approximate surface area is 107 Å². The van der Waals surface area contributed by atoms with Gasteiger partial charge in [0, 0.05) is 11.6 Å². The number of piperidine rings is 1. The van der Waals surface area contributed by atoms with Gasteiger partial charge in [-0.05, 0) is 60.7 Å². The molecule has 0 aromatic carbocycles. The van der Waals surface area contributed by atoms with Gasteiger partial charge < -0.3 is 10.1 Å². The van der Waals surface area contributed by atoms with Crippen molar-refractivity contribution in [3.8, 4) is 0 Å². The quantitative estimate of drug-likeness (QED) is 0.773. The van der Waals surface area contributed by atoms with E-state index in [1.165, 1.54) is 32.4 Å². The molecule has 0 aliphatic carbocycles. The molecule has 1 unspecified atom stereocenters. The van der Waals surface area contributed by atoms with Gasteiger partial charge in [0.05, 0.1) is 12.7 Å². The van der Waals surface area contributed by atoms with Gasteiger partial charge >= 0.3 is 0 Å². The SMILES string of the molecule is CNC(COC(C)C)C(C)(C)N1CCCCC1. The zero-order valence-electron chi connectivity index (χ0n) is 12.3. The van der Waals surface area contributed by atoms with E-state index >= 15 is 0 Å². The summed E-state index contributed by atoms with van der Waals surface area (Å²) in [5.41, 5.74) is 0.171. The second kappa shape index (κ2) is 6.72. The van der Waals surface area contributed by atoms with Crippen molar-refractivity contribution in [3.63, 3.8) is 0 Å². The van der Waals surface area contributed by atoms with Gasteiger partial charge in [-0.15, -0.1) is 0 Å². The summed E-state index contributed by atoms with van der Waals surface area (Å²) in [6.45, 7) is 12.1. The molecule has 0 aromatic rings. The van der Waals surface area contributed by atoms with Crippen molar-refractivity contribution in [1.29, 1.82) is 0 Å². The summed E-state index contributed by atoms with van der Waals surface area (Å²) in [6, 6.07) is 0.392. The highest BCUT2D eigenvalue weighted by Gasteiger charge is 2.35. The van der Waals surface area contributed by atoms with E-state index in [1.807, 2.05) is 7.05 Å². The van der Waals surface area contributed by atoms with Gasteiger partial charge in [-0.3, -0.25) is 4.90 Å². The fraction of sp³-hybridized carbons (Fsp3) is 1.00. The predicted octanol–water partition coefficient (Wildman–Crippen LogP) is 2.26. The minimum atomic E-state index is 0.171. The molecule has 1 rings (SSSR count). The number of hydrogen-bond acceptors (Lipinski definition) is 3. The maximum Gasteiger partial charge on any atom is 0.0640 e. The van der Waals surface area contributed by atoms with Crippen LogP contribution >= 0.6 is 0 Å². The molecule has 0 spiro atoms. The molecular formula is C14H30N2O. The predicted molar refractivity (Wildman–Crippen MR) is 73.4 cm³/mol. The first-order valence-corrected chi connectivity index (χ1v) is 7.02. The van der Waals surface area contributed by atoms with Crippen molar-refractivity contribution in [1.82, 2.24) is 10.2 Å². The monoisotopic (exact) mass is 242 g/mol. The third-order valence-electron chi connectivity index (χ3n) is 3.97. The summed E-state index contributed by atoms with van der Waals surface area (Å²) >= 11 is 0. The van der Waals surface area contributed by atoms with Crippen LogP contribution in [0.2, 0.25) is 0 Å². The van der Waals surface area contributed by atoms with Crippen LogP contribution in [0, 0.1) is 0 Å². The summed E-state index contributed by atoms with van der Waals surface area (Å²) in [5, 5.41) is 3.43. The lowest BCUT2D eigenvalue weighted by atomic mass is 9.90. The van der Waals surface area contributed by atoms with Gasteiger partial charge in [0.25, 0.3) is 0 Å². The lowest BCUT2D eigenvalue weighted by molar-refractivity contribution is -0.000642. The smallest absolute Gasteiger partial charge is 0.0640 e. The Morgan fingerprint density at radius 1 is 1.18 bits per heavy atom. The molecule has 3 nitrogen and oxygen atoms in total. The van der Waals surface area contributed by atoms with Gasteiger partial charge in [-0.1, -0.05) is 6.42 Å². The molecule has 1 N–H and O–H groups in total. The lowest BCUT2D eigenvalue weighted by Gasteiger charge is -2.46. The summed E-state index contributed by atoms with van der Waals surface area (Å²) in [5.74, 6) is 0. The topological polar surface area (TPSA) is 24.5 Å². The van der Waals surface area contributed by atoms with Crippen molar-refractivity contribution in [2.75, 3.05) is 26.7 Å². The van der Waals surface area contributed by atoms with E-state index in [-0.39, 0.29) is 5.54 Å². The van der Waals surface area contributed by atoms with Crippen LogP contribution < -0.4 is 5.32 Å². The van der Waals surface area contributed by atoms with Crippen molar-refractivity contribution in [3.05, 3.63) is 0 Å². The second-order valence-electron chi connectivity index (χ2n) is 5.92. The van der Waals surface area contributed by atoms with E-state index in [9.17, 15) is 0 Å². The number of rotatable bonds is 6. The largest absolute Gasteiger partial charge is 0.377 e. The minimum absolute atomic E-state index is 0.171. The normalized spacial score (nSPS) is 20.8. The molecule has 102 valence electrons. The molecule has 3 heteroatoms. The van der Waals surface area contributed by atoms with E-state index < -0.39 is 0 Å². The summed E-state index contributed by atoms with van der Waals surface area (Å²) in [4.78, 5) is 2.61. The molecule has 0 saturated carbocycles. The van der Waals surface area contributed by atoms with Gasteiger partial charge in [0.15, 0.2) is 0 Å². The Balaban J connectivity index is 2.56. The average Bonchev–Trinajstić information content (AvgIpc) is 2.30. The van der Waals surface area contributed by atoms with Crippen LogP contribution in [0.25, 0.3) is 0 Å². The number of hydrogen-bond donors (Lipinski definition) is 1. The molecule has 1 saturated heterocycles. The third kappa shape index (κ3) is 4.23. The van der Waals surface area contributed by atoms with Crippen molar-refractivity contribution in [2.45, 2.75) is 64.6 Å².